The van der Waals surface area contributed by atoms with Gasteiger partial charge in [0.15, 0.2) is 0 Å². The third-order valence-electron chi connectivity index (χ3n) is 3.98. The summed E-state index contributed by atoms with van der Waals surface area (Å²) in [4.78, 5) is 14.1. The fraction of sp³-hybridized carbons (Fsp3) is 0.533. The van der Waals surface area contributed by atoms with Crippen LogP contribution in [0.1, 0.15) is 23.7 Å². The molecule has 1 aromatic rings. The van der Waals surface area contributed by atoms with Gasteiger partial charge in [-0.1, -0.05) is 6.92 Å². The summed E-state index contributed by atoms with van der Waals surface area (Å²) in [6, 6.07) is 4.44. The number of benzene rings is 1. The largest absolute Gasteiger partial charge is 0.465 e. The molecule has 0 radical (unpaired) electrons. The molecule has 0 aliphatic carbocycles. The van der Waals surface area contributed by atoms with Gasteiger partial charge in [0.2, 0.25) is 10.0 Å². The standard InChI is InChI=1S/C15H21BrN2O4S/c1-3-17-7-4-8-18(10-9-17)23(20,21)12-5-6-14(16)13(11-12)15(19)22-2/h5-6,11H,3-4,7-10H2,1-2H3. The van der Waals surface area contributed by atoms with E-state index in [2.05, 4.69) is 27.8 Å². The molecule has 0 aromatic heterocycles. The predicted octanol–water partition coefficient (Wildman–Crippen LogP) is 1.95. The molecule has 23 heavy (non-hydrogen) atoms. The Balaban J connectivity index is 2.30. The SMILES string of the molecule is CCN1CCCN(S(=O)(=O)c2ccc(Br)c(C(=O)OC)c2)CC1. The molecule has 0 saturated carbocycles. The zero-order valence-corrected chi connectivity index (χ0v) is 15.7. The van der Waals surface area contributed by atoms with Gasteiger partial charge < -0.3 is 9.64 Å². The van der Waals surface area contributed by atoms with Crippen LogP contribution in [-0.2, 0) is 14.8 Å². The van der Waals surface area contributed by atoms with E-state index in [0.29, 0.717) is 17.6 Å². The maximum Gasteiger partial charge on any atom is 0.339 e. The first kappa shape index (κ1) is 18.4. The van der Waals surface area contributed by atoms with E-state index >= 15 is 0 Å². The Morgan fingerprint density at radius 2 is 2.00 bits per heavy atom. The molecule has 0 amide bonds. The minimum Gasteiger partial charge on any atom is -0.465 e. The Morgan fingerprint density at radius 1 is 1.26 bits per heavy atom. The maximum absolute atomic E-state index is 12.8. The van der Waals surface area contributed by atoms with E-state index in [1.807, 2.05) is 0 Å². The summed E-state index contributed by atoms with van der Waals surface area (Å²) in [5.74, 6) is -0.568. The topological polar surface area (TPSA) is 66.9 Å². The average Bonchev–Trinajstić information content (AvgIpc) is 2.80. The number of likely N-dealkylation sites (N-methyl/N-ethyl adjacent to an activating group) is 1. The molecule has 1 heterocycles. The van der Waals surface area contributed by atoms with E-state index in [0.717, 1.165) is 26.1 Å². The number of hydrogen-bond acceptors (Lipinski definition) is 5. The highest BCUT2D eigenvalue weighted by atomic mass is 79.9. The van der Waals surface area contributed by atoms with Crippen molar-refractivity contribution in [3.05, 3.63) is 28.2 Å². The number of nitrogens with zero attached hydrogens (tertiary/aromatic N) is 2. The summed E-state index contributed by atoms with van der Waals surface area (Å²) in [6.07, 6.45) is 0.799. The number of ether oxygens (including phenoxy) is 1. The van der Waals surface area contributed by atoms with Crippen LogP contribution in [0.2, 0.25) is 0 Å². The Hall–Kier alpha value is -0.960. The fourth-order valence-corrected chi connectivity index (χ4v) is 4.49. The highest BCUT2D eigenvalue weighted by molar-refractivity contribution is 9.10. The van der Waals surface area contributed by atoms with Crippen LogP contribution in [0.3, 0.4) is 0 Å². The normalized spacial score (nSPS) is 17.7. The van der Waals surface area contributed by atoms with Crippen molar-refractivity contribution in [2.75, 3.05) is 39.8 Å². The second-order valence-electron chi connectivity index (χ2n) is 5.33. The second-order valence-corrected chi connectivity index (χ2v) is 8.12. The van der Waals surface area contributed by atoms with Crippen LogP contribution >= 0.6 is 15.9 Å². The van der Waals surface area contributed by atoms with E-state index in [9.17, 15) is 13.2 Å². The van der Waals surface area contributed by atoms with Crippen molar-refractivity contribution >= 4 is 31.9 Å². The molecular formula is C15H21BrN2O4S. The summed E-state index contributed by atoms with van der Waals surface area (Å²) in [6.45, 7) is 5.55. The summed E-state index contributed by atoms with van der Waals surface area (Å²) < 4.78 is 32.4. The van der Waals surface area contributed by atoms with E-state index in [1.54, 1.807) is 6.07 Å². The lowest BCUT2D eigenvalue weighted by Crippen LogP contribution is -2.35. The summed E-state index contributed by atoms with van der Waals surface area (Å²) in [7, 11) is -2.35. The van der Waals surface area contributed by atoms with E-state index < -0.39 is 16.0 Å². The Labute approximate surface area is 145 Å². The van der Waals surface area contributed by atoms with Crippen molar-refractivity contribution < 1.29 is 17.9 Å². The van der Waals surface area contributed by atoms with Gasteiger partial charge >= 0.3 is 5.97 Å². The molecule has 1 aromatic carbocycles. The molecule has 0 unspecified atom stereocenters. The molecule has 8 heteroatoms. The Bertz CT molecular complexity index is 678. The van der Waals surface area contributed by atoms with Gasteiger partial charge in [0.1, 0.15) is 0 Å². The number of hydrogen-bond donors (Lipinski definition) is 0. The van der Waals surface area contributed by atoms with Crippen LogP contribution in [0, 0.1) is 0 Å². The molecule has 128 valence electrons. The Kier molecular flexibility index (Phi) is 6.19. The molecule has 1 aliphatic rings. The van der Waals surface area contributed by atoms with E-state index in [4.69, 9.17) is 4.74 Å². The minimum absolute atomic E-state index is 0.117. The van der Waals surface area contributed by atoms with Crippen molar-refractivity contribution in [1.82, 2.24) is 9.21 Å². The van der Waals surface area contributed by atoms with Crippen LogP contribution in [0.15, 0.2) is 27.6 Å². The number of carbonyl (C=O) groups excluding carboxylic acids is 1. The van der Waals surface area contributed by atoms with Gasteiger partial charge in [-0.3, -0.25) is 0 Å². The first-order valence-electron chi connectivity index (χ1n) is 7.50. The number of carbonyl (C=O) groups is 1. The van der Waals surface area contributed by atoms with Crippen LogP contribution in [0.5, 0.6) is 0 Å². The van der Waals surface area contributed by atoms with Crippen molar-refractivity contribution in [1.29, 1.82) is 0 Å². The number of esters is 1. The third-order valence-corrected chi connectivity index (χ3v) is 6.56. The molecule has 0 spiro atoms. The highest BCUT2D eigenvalue weighted by Crippen LogP contribution is 2.24. The highest BCUT2D eigenvalue weighted by Gasteiger charge is 2.27. The molecule has 1 fully saturated rings. The second kappa shape index (κ2) is 7.74. The van der Waals surface area contributed by atoms with Crippen molar-refractivity contribution in [2.24, 2.45) is 0 Å². The van der Waals surface area contributed by atoms with Gasteiger partial charge in [-0.05, 0) is 53.6 Å². The van der Waals surface area contributed by atoms with Crippen molar-refractivity contribution in [3.8, 4) is 0 Å². The zero-order chi connectivity index (χ0) is 17.0. The van der Waals surface area contributed by atoms with Gasteiger partial charge in [-0.15, -0.1) is 0 Å². The molecule has 0 N–H and O–H groups in total. The molecule has 0 bridgehead atoms. The van der Waals surface area contributed by atoms with Gasteiger partial charge in [0.05, 0.1) is 17.6 Å². The molecule has 0 atom stereocenters. The number of sulfonamides is 1. The lowest BCUT2D eigenvalue weighted by molar-refractivity contribution is 0.0599. The fourth-order valence-electron chi connectivity index (χ4n) is 2.58. The van der Waals surface area contributed by atoms with Crippen LogP contribution < -0.4 is 0 Å². The molecular weight excluding hydrogens is 384 g/mol. The summed E-state index contributed by atoms with van der Waals surface area (Å²) in [5, 5.41) is 0. The van der Waals surface area contributed by atoms with Gasteiger partial charge in [-0.25, -0.2) is 13.2 Å². The molecule has 1 aliphatic heterocycles. The van der Waals surface area contributed by atoms with Crippen LogP contribution in [0.25, 0.3) is 0 Å². The third kappa shape index (κ3) is 4.12. The Morgan fingerprint density at radius 3 is 2.65 bits per heavy atom. The van der Waals surface area contributed by atoms with Crippen molar-refractivity contribution in [2.45, 2.75) is 18.2 Å². The summed E-state index contributed by atoms with van der Waals surface area (Å²) in [5.41, 5.74) is 0.207. The molecule has 6 nitrogen and oxygen atoms in total. The van der Waals surface area contributed by atoms with Gasteiger partial charge in [-0.2, -0.15) is 4.31 Å². The van der Waals surface area contributed by atoms with E-state index in [1.165, 1.54) is 23.5 Å². The molecule has 1 saturated heterocycles. The average molecular weight is 405 g/mol. The van der Waals surface area contributed by atoms with Crippen LogP contribution in [0.4, 0.5) is 0 Å². The maximum atomic E-state index is 12.8. The van der Waals surface area contributed by atoms with Gasteiger partial charge in [0, 0.05) is 24.1 Å². The number of rotatable bonds is 4. The number of halogens is 1. The summed E-state index contributed by atoms with van der Waals surface area (Å²) >= 11 is 3.25. The quantitative estimate of drug-likeness (QED) is 0.717. The monoisotopic (exact) mass is 404 g/mol. The van der Waals surface area contributed by atoms with Crippen molar-refractivity contribution in [3.63, 3.8) is 0 Å². The van der Waals surface area contributed by atoms with E-state index in [-0.39, 0.29) is 10.5 Å². The first-order chi connectivity index (χ1) is 10.9. The lowest BCUT2D eigenvalue weighted by Gasteiger charge is -2.21. The van der Waals surface area contributed by atoms with Crippen LogP contribution in [-0.4, -0.2) is 63.4 Å². The molecule has 2 rings (SSSR count). The smallest absolute Gasteiger partial charge is 0.339 e. The van der Waals surface area contributed by atoms with Gasteiger partial charge in [0.25, 0.3) is 0 Å². The first-order valence-corrected chi connectivity index (χ1v) is 9.73. The number of methoxy groups -OCH3 is 1. The predicted molar refractivity (Wildman–Crippen MR) is 91.0 cm³/mol. The minimum atomic E-state index is -3.62. The zero-order valence-electron chi connectivity index (χ0n) is 13.3. The lowest BCUT2D eigenvalue weighted by atomic mass is 10.2.